The van der Waals surface area contributed by atoms with Crippen LogP contribution in [-0.4, -0.2) is 44.1 Å². The summed E-state index contributed by atoms with van der Waals surface area (Å²) in [5.41, 5.74) is -0.0499. The summed E-state index contributed by atoms with van der Waals surface area (Å²) in [7, 11) is -3.67. The number of carbonyl (C=O) groups is 1. The lowest BCUT2D eigenvalue weighted by Crippen LogP contribution is -2.28. The number of carboxylic acids is 1. The molecule has 1 aromatic rings. The highest BCUT2D eigenvalue weighted by Gasteiger charge is 2.15. The van der Waals surface area contributed by atoms with Crippen LogP contribution in [-0.2, 0) is 10.0 Å². The predicted octanol–water partition coefficient (Wildman–Crippen LogP) is 0.0577. The lowest BCUT2D eigenvalue weighted by molar-refractivity contribution is 0.0696. The Morgan fingerprint density at radius 3 is 2.63 bits per heavy atom. The highest BCUT2D eigenvalue weighted by molar-refractivity contribution is 7.89. The second-order valence-electron chi connectivity index (χ2n) is 3.80. The summed E-state index contributed by atoms with van der Waals surface area (Å²) < 4.78 is 26.0. The Kier molecular flexibility index (Phi) is 5.87. The Labute approximate surface area is 112 Å². The second kappa shape index (κ2) is 7.17. The van der Waals surface area contributed by atoms with E-state index in [9.17, 15) is 13.2 Å². The number of rotatable bonds is 8. The molecular formula is C11H17N3O4S. The minimum Gasteiger partial charge on any atom is -0.478 e. The minimum atomic E-state index is -3.67. The third-order valence-corrected chi connectivity index (χ3v) is 3.71. The molecule has 1 aromatic heterocycles. The fourth-order valence-corrected chi connectivity index (χ4v) is 2.34. The Hall–Kier alpha value is -1.51. The number of carboxylic acid groups (broad SMARTS) is 1. The molecule has 0 atom stereocenters. The summed E-state index contributed by atoms with van der Waals surface area (Å²) in [6, 6.07) is 2.39. The molecule has 0 amide bonds. The molecule has 0 saturated heterocycles. The topological polar surface area (TPSA) is 108 Å². The van der Waals surface area contributed by atoms with Gasteiger partial charge in [-0.25, -0.2) is 22.9 Å². The van der Waals surface area contributed by atoms with Crippen LogP contribution in [0.15, 0.2) is 23.4 Å². The van der Waals surface area contributed by atoms with Crippen molar-refractivity contribution in [3.63, 3.8) is 0 Å². The number of hydrogen-bond donors (Lipinski definition) is 3. The van der Waals surface area contributed by atoms with Crippen LogP contribution in [0.4, 0.5) is 0 Å². The first-order valence-electron chi connectivity index (χ1n) is 5.87. The van der Waals surface area contributed by atoms with Crippen molar-refractivity contribution in [2.45, 2.75) is 18.4 Å². The molecule has 106 valence electrons. The van der Waals surface area contributed by atoms with Crippen LogP contribution >= 0.6 is 0 Å². The molecule has 1 rings (SSSR count). The van der Waals surface area contributed by atoms with Gasteiger partial charge in [-0.3, -0.25) is 0 Å². The van der Waals surface area contributed by atoms with Gasteiger partial charge in [0.1, 0.15) is 0 Å². The standard InChI is InChI=1S/C11H17N3O4S/c1-2-12-6-3-7-14-19(17,18)10-5-4-9(8-13-10)11(15)16/h4-5,8,12,14H,2-3,6-7H2,1H3,(H,15,16). The Morgan fingerprint density at radius 2 is 2.11 bits per heavy atom. The molecule has 0 aliphatic heterocycles. The molecule has 8 heteroatoms. The number of sulfonamides is 1. The van der Waals surface area contributed by atoms with E-state index in [0.29, 0.717) is 13.0 Å². The zero-order valence-corrected chi connectivity index (χ0v) is 11.4. The van der Waals surface area contributed by atoms with Gasteiger partial charge in [0.05, 0.1) is 5.56 Å². The number of aromatic carboxylic acids is 1. The molecule has 0 radical (unpaired) electrons. The van der Waals surface area contributed by atoms with Crippen LogP contribution in [0.3, 0.4) is 0 Å². The van der Waals surface area contributed by atoms with Crippen LogP contribution in [0.25, 0.3) is 0 Å². The van der Waals surface area contributed by atoms with E-state index in [2.05, 4.69) is 15.0 Å². The van der Waals surface area contributed by atoms with E-state index in [1.54, 1.807) is 0 Å². The quantitative estimate of drug-likeness (QED) is 0.583. The first-order valence-corrected chi connectivity index (χ1v) is 7.35. The van der Waals surface area contributed by atoms with Gasteiger partial charge in [-0.2, -0.15) is 0 Å². The second-order valence-corrected chi connectivity index (χ2v) is 5.51. The fourth-order valence-electron chi connectivity index (χ4n) is 1.34. The lowest BCUT2D eigenvalue weighted by Gasteiger charge is -2.06. The maximum absolute atomic E-state index is 11.8. The van der Waals surface area contributed by atoms with Gasteiger partial charge in [0.25, 0.3) is 10.0 Å². The van der Waals surface area contributed by atoms with Gasteiger partial charge in [-0.1, -0.05) is 6.92 Å². The average molecular weight is 287 g/mol. The SMILES string of the molecule is CCNCCCNS(=O)(=O)c1ccc(C(=O)O)cn1. The molecule has 0 spiro atoms. The third kappa shape index (κ3) is 4.93. The fraction of sp³-hybridized carbons (Fsp3) is 0.455. The van der Waals surface area contributed by atoms with E-state index >= 15 is 0 Å². The van der Waals surface area contributed by atoms with Crippen molar-refractivity contribution in [1.82, 2.24) is 15.0 Å². The van der Waals surface area contributed by atoms with Crippen molar-refractivity contribution in [1.29, 1.82) is 0 Å². The van der Waals surface area contributed by atoms with Crippen molar-refractivity contribution < 1.29 is 18.3 Å². The summed E-state index contributed by atoms with van der Waals surface area (Å²) in [6.07, 6.45) is 1.69. The van der Waals surface area contributed by atoms with E-state index < -0.39 is 16.0 Å². The largest absolute Gasteiger partial charge is 0.478 e. The molecule has 0 saturated carbocycles. The van der Waals surface area contributed by atoms with Crippen molar-refractivity contribution in [2.24, 2.45) is 0 Å². The molecule has 0 aliphatic carbocycles. The van der Waals surface area contributed by atoms with Gasteiger partial charge in [-0.15, -0.1) is 0 Å². The molecule has 0 bridgehead atoms. The molecule has 7 nitrogen and oxygen atoms in total. The minimum absolute atomic E-state index is 0.0499. The molecule has 3 N–H and O–H groups in total. The maximum atomic E-state index is 11.8. The summed E-state index contributed by atoms with van der Waals surface area (Å²) >= 11 is 0. The van der Waals surface area contributed by atoms with Gasteiger partial charge < -0.3 is 10.4 Å². The zero-order valence-electron chi connectivity index (χ0n) is 10.6. The number of pyridine rings is 1. The zero-order chi connectivity index (χ0) is 14.3. The van der Waals surface area contributed by atoms with Crippen molar-refractivity contribution in [2.75, 3.05) is 19.6 Å². The number of aromatic nitrogens is 1. The Balaban J connectivity index is 2.59. The van der Waals surface area contributed by atoms with Crippen LogP contribution < -0.4 is 10.0 Å². The molecule has 0 unspecified atom stereocenters. The van der Waals surface area contributed by atoms with E-state index in [0.717, 1.165) is 19.3 Å². The van der Waals surface area contributed by atoms with Crippen LogP contribution in [0.1, 0.15) is 23.7 Å². The summed E-state index contributed by atoms with van der Waals surface area (Å²) in [6.45, 7) is 3.84. The van der Waals surface area contributed by atoms with Crippen molar-refractivity contribution in [3.05, 3.63) is 23.9 Å². The maximum Gasteiger partial charge on any atom is 0.337 e. The smallest absolute Gasteiger partial charge is 0.337 e. The van der Waals surface area contributed by atoms with E-state index in [4.69, 9.17) is 5.11 Å². The normalized spacial score (nSPS) is 11.4. The van der Waals surface area contributed by atoms with E-state index in [1.165, 1.54) is 12.1 Å². The Morgan fingerprint density at radius 1 is 1.37 bits per heavy atom. The van der Waals surface area contributed by atoms with Gasteiger partial charge >= 0.3 is 5.97 Å². The van der Waals surface area contributed by atoms with Crippen LogP contribution in [0.2, 0.25) is 0 Å². The Bertz CT molecular complexity index is 513. The first-order chi connectivity index (χ1) is 8.97. The highest BCUT2D eigenvalue weighted by Crippen LogP contribution is 2.06. The van der Waals surface area contributed by atoms with E-state index in [1.807, 2.05) is 6.92 Å². The van der Waals surface area contributed by atoms with Gasteiger partial charge in [0.15, 0.2) is 5.03 Å². The predicted molar refractivity (Wildman–Crippen MR) is 69.5 cm³/mol. The number of nitrogens with one attached hydrogen (secondary N) is 2. The molecule has 0 aromatic carbocycles. The van der Waals surface area contributed by atoms with Crippen LogP contribution in [0, 0.1) is 0 Å². The molecule has 0 fully saturated rings. The van der Waals surface area contributed by atoms with Gasteiger partial charge in [-0.05, 0) is 31.6 Å². The number of nitrogens with zero attached hydrogens (tertiary/aromatic N) is 1. The number of hydrogen-bond acceptors (Lipinski definition) is 5. The molecule has 0 aliphatic rings. The summed E-state index contributed by atoms with van der Waals surface area (Å²) in [5, 5.41) is 11.6. The molecule has 19 heavy (non-hydrogen) atoms. The molecule has 1 heterocycles. The van der Waals surface area contributed by atoms with E-state index in [-0.39, 0.29) is 10.6 Å². The van der Waals surface area contributed by atoms with Gasteiger partial charge in [0, 0.05) is 12.7 Å². The van der Waals surface area contributed by atoms with Crippen molar-refractivity contribution >= 4 is 16.0 Å². The lowest BCUT2D eigenvalue weighted by atomic mass is 10.3. The highest BCUT2D eigenvalue weighted by atomic mass is 32.2. The van der Waals surface area contributed by atoms with Crippen LogP contribution in [0.5, 0.6) is 0 Å². The average Bonchev–Trinajstić information content (AvgIpc) is 2.38. The monoisotopic (exact) mass is 287 g/mol. The van der Waals surface area contributed by atoms with Crippen molar-refractivity contribution in [3.8, 4) is 0 Å². The van der Waals surface area contributed by atoms with Gasteiger partial charge in [0.2, 0.25) is 0 Å². The third-order valence-electron chi connectivity index (χ3n) is 2.33. The first kappa shape index (κ1) is 15.5. The molecular weight excluding hydrogens is 270 g/mol. The summed E-state index contributed by atoms with van der Waals surface area (Å²) in [4.78, 5) is 14.3. The summed E-state index contributed by atoms with van der Waals surface area (Å²) in [5.74, 6) is -1.14.